The van der Waals surface area contributed by atoms with Gasteiger partial charge in [0.15, 0.2) is 0 Å². The summed E-state index contributed by atoms with van der Waals surface area (Å²) in [6.45, 7) is 4.54. The minimum atomic E-state index is -0.385. The maximum Gasteiger partial charge on any atom is 0.220 e. The molecule has 1 fully saturated rings. The van der Waals surface area contributed by atoms with Crippen LogP contribution in [0.4, 0.5) is 10.2 Å². The Labute approximate surface area is 146 Å². The molecular formula is C17H23FN4OS. The zero-order chi connectivity index (χ0) is 17.1. The van der Waals surface area contributed by atoms with Crippen molar-refractivity contribution < 1.29 is 9.18 Å². The van der Waals surface area contributed by atoms with Crippen LogP contribution in [-0.4, -0.2) is 43.0 Å². The molecule has 2 aliphatic rings. The van der Waals surface area contributed by atoms with Gasteiger partial charge in [0.2, 0.25) is 12.4 Å². The number of hydrogen-bond acceptors (Lipinski definition) is 5. The summed E-state index contributed by atoms with van der Waals surface area (Å²) in [6.07, 6.45) is 3.74. The standard InChI is InChI=1S/C17H23FN4OS/c1-12-14(7-8-19-11-23)21(2)17(24-12)13-5-6-15(20-16(13)18)22-9-3-4-10-22/h5-6,11,17H,3-4,7-10H2,1-2H3,(H,19,23). The predicted molar refractivity (Wildman–Crippen MR) is 95.1 cm³/mol. The summed E-state index contributed by atoms with van der Waals surface area (Å²) in [5, 5.41) is 2.58. The first-order valence-corrected chi connectivity index (χ1v) is 9.17. The number of thioether (sulfide) groups is 1. The Balaban J connectivity index is 1.74. The van der Waals surface area contributed by atoms with E-state index >= 15 is 0 Å². The quantitative estimate of drug-likeness (QED) is 0.486. The average molecular weight is 350 g/mol. The van der Waals surface area contributed by atoms with Crippen molar-refractivity contribution in [2.75, 3.05) is 31.6 Å². The highest BCUT2D eigenvalue weighted by molar-refractivity contribution is 8.03. The zero-order valence-electron chi connectivity index (χ0n) is 14.1. The van der Waals surface area contributed by atoms with Crippen molar-refractivity contribution in [3.05, 3.63) is 34.2 Å². The van der Waals surface area contributed by atoms with Gasteiger partial charge in [-0.15, -0.1) is 0 Å². The summed E-state index contributed by atoms with van der Waals surface area (Å²) in [5.41, 5.74) is 1.76. The van der Waals surface area contributed by atoms with Crippen molar-refractivity contribution in [3.63, 3.8) is 0 Å². The number of rotatable bonds is 6. The smallest absolute Gasteiger partial charge is 0.220 e. The van der Waals surface area contributed by atoms with E-state index in [4.69, 9.17) is 0 Å². The van der Waals surface area contributed by atoms with E-state index in [-0.39, 0.29) is 11.3 Å². The third-order valence-corrected chi connectivity index (χ3v) is 6.00. The zero-order valence-corrected chi connectivity index (χ0v) is 14.9. The summed E-state index contributed by atoms with van der Waals surface area (Å²) in [5.74, 6) is 0.350. The van der Waals surface area contributed by atoms with Crippen LogP contribution in [0.2, 0.25) is 0 Å². The molecule has 1 amide bonds. The number of amides is 1. The van der Waals surface area contributed by atoms with E-state index in [9.17, 15) is 9.18 Å². The fourth-order valence-corrected chi connectivity index (χ4v) is 4.63. The lowest BCUT2D eigenvalue weighted by atomic mass is 10.2. The van der Waals surface area contributed by atoms with Crippen LogP contribution in [-0.2, 0) is 4.79 Å². The molecule has 0 saturated carbocycles. The molecule has 0 radical (unpaired) electrons. The highest BCUT2D eigenvalue weighted by Crippen LogP contribution is 2.47. The number of allylic oxidation sites excluding steroid dienone is 1. The van der Waals surface area contributed by atoms with E-state index in [0.29, 0.717) is 18.5 Å². The average Bonchev–Trinajstić information content (AvgIpc) is 3.19. The summed E-state index contributed by atoms with van der Waals surface area (Å²) < 4.78 is 14.6. The molecule has 0 spiro atoms. The molecule has 1 saturated heterocycles. The number of anilines is 1. The topological polar surface area (TPSA) is 48.5 Å². The SMILES string of the molecule is CC1=C(CCNC=O)N(C)C(c2ccc(N3CCCC3)nc2F)S1. The number of carbonyl (C=O) groups is 1. The van der Waals surface area contributed by atoms with Crippen LogP contribution in [0.15, 0.2) is 22.7 Å². The molecule has 3 heterocycles. The molecule has 1 atom stereocenters. The Morgan fingerprint density at radius 2 is 2.17 bits per heavy atom. The molecular weight excluding hydrogens is 327 g/mol. The van der Waals surface area contributed by atoms with E-state index in [1.54, 1.807) is 11.8 Å². The molecule has 0 aliphatic carbocycles. The second-order valence-electron chi connectivity index (χ2n) is 6.15. The summed E-state index contributed by atoms with van der Waals surface area (Å²) in [4.78, 5) is 20.0. The van der Waals surface area contributed by atoms with E-state index in [2.05, 4.69) is 20.1 Å². The van der Waals surface area contributed by atoms with Crippen molar-refractivity contribution in [3.8, 4) is 0 Å². The van der Waals surface area contributed by atoms with Gasteiger partial charge in [-0.05, 0) is 31.9 Å². The Bertz CT molecular complexity index is 645. The Morgan fingerprint density at radius 3 is 2.83 bits per heavy atom. The first-order chi connectivity index (χ1) is 11.6. The second-order valence-corrected chi connectivity index (χ2v) is 7.44. The van der Waals surface area contributed by atoms with Crippen molar-refractivity contribution in [1.29, 1.82) is 0 Å². The Kier molecular flexibility index (Phi) is 5.28. The molecule has 5 nitrogen and oxygen atoms in total. The fourth-order valence-electron chi connectivity index (χ4n) is 3.32. The normalized spacial score (nSPS) is 20.9. The number of aromatic nitrogens is 1. The van der Waals surface area contributed by atoms with Gasteiger partial charge >= 0.3 is 0 Å². The maximum absolute atomic E-state index is 14.6. The minimum absolute atomic E-state index is 0.101. The number of hydrogen-bond donors (Lipinski definition) is 1. The molecule has 24 heavy (non-hydrogen) atoms. The highest BCUT2D eigenvalue weighted by atomic mass is 32.2. The largest absolute Gasteiger partial charge is 0.361 e. The van der Waals surface area contributed by atoms with Gasteiger partial charge in [0, 0.05) is 49.3 Å². The third-order valence-electron chi connectivity index (χ3n) is 4.62. The van der Waals surface area contributed by atoms with Crippen molar-refractivity contribution in [2.45, 2.75) is 31.6 Å². The summed E-state index contributed by atoms with van der Waals surface area (Å²) >= 11 is 1.64. The number of halogens is 1. The van der Waals surface area contributed by atoms with E-state index in [1.165, 1.54) is 4.91 Å². The van der Waals surface area contributed by atoms with E-state index < -0.39 is 0 Å². The lowest BCUT2D eigenvalue weighted by molar-refractivity contribution is -0.109. The monoisotopic (exact) mass is 350 g/mol. The fraction of sp³-hybridized carbons (Fsp3) is 0.529. The molecule has 7 heteroatoms. The van der Waals surface area contributed by atoms with Gasteiger partial charge in [-0.3, -0.25) is 4.79 Å². The Morgan fingerprint density at radius 1 is 1.42 bits per heavy atom. The maximum atomic E-state index is 14.6. The molecule has 1 unspecified atom stereocenters. The lowest BCUT2D eigenvalue weighted by Gasteiger charge is -2.25. The molecule has 0 aromatic carbocycles. The summed E-state index contributed by atoms with van der Waals surface area (Å²) in [7, 11) is 1.97. The first kappa shape index (κ1) is 17.1. The first-order valence-electron chi connectivity index (χ1n) is 8.29. The van der Waals surface area contributed by atoms with Crippen LogP contribution in [0, 0.1) is 5.95 Å². The number of nitrogens with one attached hydrogen (secondary N) is 1. The van der Waals surface area contributed by atoms with Crippen LogP contribution in [0.25, 0.3) is 0 Å². The molecule has 1 aromatic heterocycles. The van der Waals surface area contributed by atoms with E-state index in [0.717, 1.165) is 43.9 Å². The van der Waals surface area contributed by atoms with Gasteiger partial charge in [-0.1, -0.05) is 11.8 Å². The van der Waals surface area contributed by atoms with Crippen molar-refractivity contribution in [1.82, 2.24) is 15.2 Å². The highest BCUT2D eigenvalue weighted by Gasteiger charge is 2.31. The van der Waals surface area contributed by atoms with Crippen LogP contribution < -0.4 is 10.2 Å². The van der Waals surface area contributed by atoms with Crippen LogP contribution >= 0.6 is 11.8 Å². The molecule has 0 bridgehead atoms. The van der Waals surface area contributed by atoms with E-state index in [1.807, 2.05) is 26.1 Å². The van der Waals surface area contributed by atoms with Crippen LogP contribution in [0.3, 0.4) is 0 Å². The third kappa shape index (κ3) is 3.36. The van der Waals surface area contributed by atoms with Crippen LogP contribution in [0.5, 0.6) is 0 Å². The van der Waals surface area contributed by atoms with Gasteiger partial charge in [0.1, 0.15) is 11.2 Å². The number of nitrogens with zero attached hydrogens (tertiary/aromatic N) is 3. The Hall–Kier alpha value is -1.76. The van der Waals surface area contributed by atoms with Crippen LogP contribution in [0.1, 0.15) is 37.1 Å². The summed E-state index contributed by atoms with van der Waals surface area (Å²) in [6, 6.07) is 3.80. The van der Waals surface area contributed by atoms with Gasteiger partial charge in [-0.25, -0.2) is 4.98 Å². The van der Waals surface area contributed by atoms with Gasteiger partial charge in [0.25, 0.3) is 0 Å². The van der Waals surface area contributed by atoms with Crippen molar-refractivity contribution in [2.24, 2.45) is 0 Å². The molecule has 2 aliphatic heterocycles. The minimum Gasteiger partial charge on any atom is -0.361 e. The lowest BCUT2D eigenvalue weighted by Crippen LogP contribution is -2.23. The molecule has 1 aromatic rings. The molecule has 1 N–H and O–H groups in total. The van der Waals surface area contributed by atoms with Gasteiger partial charge < -0.3 is 15.1 Å². The van der Waals surface area contributed by atoms with Gasteiger partial charge in [0.05, 0.1) is 0 Å². The molecule has 3 rings (SSSR count). The predicted octanol–water partition coefficient (Wildman–Crippen LogP) is 2.87. The number of carbonyl (C=O) groups excluding carboxylic acids is 1. The number of pyridine rings is 1. The van der Waals surface area contributed by atoms with Crippen molar-refractivity contribution >= 4 is 24.0 Å². The molecule has 130 valence electrons. The second kappa shape index (κ2) is 7.42. The van der Waals surface area contributed by atoms with Gasteiger partial charge in [-0.2, -0.15) is 4.39 Å².